The average molecular weight is 399 g/mol. The fraction of sp³-hybridized carbons (Fsp3) is 0.667. The van der Waals surface area contributed by atoms with Gasteiger partial charge in [0.25, 0.3) is 0 Å². The Balaban J connectivity index is 1.79. The summed E-state index contributed by atoms with van der Waals surface area (Å²) in [6.45, 7) is 10.5. The van der Waals surface area contributed by atoms with E-state index in [2.05, 4.69) is 36.6 Å². The maximum Gasteiger partial charge on any atom is 0.222 e. The van der Waals surface area contributed by atoms with Gasteiger partial charge in [-0.05, 0) is 62.8 Å². The zero-order valence-electron chi connectivity index (χ0n) is 16.3. The molecule has 1 amide bonds. The Morgan fingerprint density at radius 1 is 1.23 bits per heavy atom. The van der Waals surface area contributed by atoms with Crippen LogP contribution in [0.3, 0.4) is 0 Å². The van der Waals surface area contributed by atoms with Crippen LogP contribution in [0.2, 0.25) is 10.0 Å². The first-order valence-corrected chi connectivity index (χ1v) is 10.7. The molecular formula is C21H32Cl2N2O. The molecule has 0 saturated carbocycles. The molecule has 3 nitrogen and oxygen atoms in total. The summed E-state index contributed by atoms with van der Waals surface area (Å²) < 4.78 is 0. The number of carbonyl (C=O) groups excluding carboxylic acids is 1. The van der Waals surface area contributed by atoms with E-state index in [4.69, 9.17) is 23.2 Å². The Kier molecular flexibility index (Phi) is 8.72. The van der Waals surface area contributed by atoms with Crippen molar-refractivity contribution in [1.29, 1.82) is 0 Å². The first-order chi connectivity index (χ1) is 12.5. The minimum Gasteiger partial charge on any atom is -0.340 e. The third kappa shape index (κ3) is 5.87. The molecule has 1 saturated heterocycles. The summed E-state index contributed by atoms with van der Waals surface area (Å²) in [4.78, 5) is 16.9. The minimum absolute atomic E-state index is 0.321. The third-order valence-corrected chi connectivity index (χ3v) is 6.25. The van der Waals surface area contributed by atoms with Crippen LogP contribution in [0.5, 0.6) is 0 Å². The normalized spacial score (nSPS) is 17.3. The summed E-state index contributed by atoms with van der Waals surface area (Å²) in [7, 11) is 0. The van der Waals surface area contributed by atoms with Gasteiger partial charge in [0.15, 0.2) is 0 Å². The molecule has 0 N–H and O–H groups in total. The first-order valence-electron chi connectivity index (χ1n) is 9.93. The Hall–Kier alpha value is -0.770. The van der Waals surface area contributed by atoms with Crippen molar-refractivity contribution in [2.24, 2.45) is 0 Å². The van der Waals surface area contributed by atoms with Gasteiger partial charge in [-0.1, -0.05) is 43.1 Å². The van der Waals surface area contributed by atoms with Crippen LogP contribution in [0.25, 0.3) is 0 Å². The fourth-order valence-electron chi connectivity index (χ4n) is 3.81. The Morgan fingerprint density at radius 2 is 1.92 bits per heavy atom. The summed E-state index contributed by atoms with van der Waals surface area (Å²) in [6.07, 6.45) is 4.89. The van der Waals surface area contributed by atoms with Crippen LogP contribution < -0.4 is 0 Å². The van der Waals surface area contributed by atoms with Gasteiger partial charge in [-0.15, -0.1) is 0 Å². The van der Waals surface area contributed by atoms with Crippen molar-refractivity contribution in [2.45, 2.75) is 64.8 Å². The Labute approximate surface area is 168 Å². The van der Waals surface area contributed by atoms with Crippen LogP contribution in [-0.4, -0.2) is 47.9 Å². The van der Waals surface area contributed by atoms with Crippen LogP contribution in [-0.2, 0) is 4.79 Å². The summed E-state index contributed by atoms with van der Waals surface area (Å²) in [5.74, 6) is 0.780. The second kappa shape index (κ2) is 10.5. The van der Waals surface area contributed by atoms with Crippen LogP contribution in [0, 0.1) is 0 Å². The molecule has 0 bridgehead atoms. The van der Waals surface area contributed by atoms with Gasteiger partial charge in [-0.2, -0.15) is 0 Å². The first kappa shape index (κ1) is 21.5. The molecule has 146 valence electrons. The van der Waals surface area contributed by atoms with Gasteiger partial charge in [-0.3, -0.25) is 4.79 Å². The topological polar surface area (TPSA) is 23.6 Å². The molecule has 1 fully saturated rings. The van der Waals surface area contributed by atoms with E-state index >= 15 is 0 Å². The highest BCUT2D eigenvalue weighted by Crippen LogP contribution is 2.28. The van der Waals surface area contributed by atoms with Gasteiger partial charge in [0.1, 0.15) is 0 Å². The summed E-state index contributed by atoms with van der Waals surface area (Å²) >= 11 is 12.1. The molecule has 1 atom stereocenters. The second-order valence-electron chi connectivity index (χ2n) is 7.37. The lowest BCUT2D eigenvalue weighted by molar-refractivity contribution is -0.134. The van der Waals surface area contributed by atoms with Crippen LogP contribution in [0.4, 0.5) is 0 Å². The summed E-state index contributed by atoms with van der Waals surface area (Å²) in [5, 5.41) is 1.25. The van der Waals surface area contributed by atoms with E-state index in [1.165, 1.54) is 5.56 Å². The lowest BCUT2D eigenvalue weighted by Gasteiger charge is -2.38. The predicted octanol–water partition coefficient (Wildman–Crippen LogP) is 5.60. The van der Waals surface area contributed by atoms with Gasteiger partial charge < -0.3 is 9.80 Å². The van der Waals surface area contributed by atoms with Crippen molar-refractivity contribution < 1.29 is 4.79 Å². The van der Waals surface area contributed by atoms with Crippen molar-refractivity contribution in [3.8, 4) is 0 Å². The van der Waals surface area contributed by atoms with Gasteiger partial charge in [0.2, 0.25) is 5.91 Å². The van der Waals surface area contributed by atoms with Gasteiger partial charge in [0.05, 0.1) is 10.0 Å². The van der Waals surface area contributed by atoms with E-state index in [-0.39, 0.29) is 0 Å². The number of carbonyl (C=O) groups is 1. The molecule has 1 aliphatic rings. The quantitative estimate of drug-likeness (QED) is 0.568. The van der Waals surface area contributed by atoms with E-state index in [0.29, 0.717) is 34.3 Å². The number of nitrogens with zero attached hydrogens (tertiary/aromatic N) is 2. The van der Waals surface area contributed by atoms with Gasteiger partial charge in [0, 0.05) is 32.1 Å². The van der Waals surface area contributed by atoms with E-state index in [0.717, 1.165) is 51.9 Å². The summed E-state index contributed by atoms with van der Waals surface area (Å²) in [6, 6.07) is 6.36. The minimum atomic E-state index is 0.321. The number of halogens is 2. The molecule has 1 aromatic rings. The van der Waals surface area contributed by atoms with Gasteiger partial charge >= 0.3 is 0 Å². The van der Waals surface area contributed by atoms with Crippen molar-refractivity contribution in [3.63, 3.8) is 0 Å². The molecule has 0 aromatic heterocycles. The van der Waals surface area contributed by atoms with Crippen LogP contribution >= 0.6 is 23.2 Å². The number of hydrogen-bond acceptors (Lipinski definition) is 2. The Bertz CT molecular complexity index is 585. The molecule has 2 rings (SSSR count). The molecule has 5 heteroatoms. The fourth-order valence-corrected chi connectivity index (χ4v) is 4.12. The van der Waals surface area contributed by atoms with Crippen molar-refractivity contribution in [1.82, 2.24) is 9.80 Å². The molecule has 0 radical (unpaired) electrons. The molecule has 1 aliphatic heterocycles. The molecule has 1 unspecified atom stereocenters. The number of rotatable bonds is 8. The molecule has 1 heterocycles. The van der Waals surface area contributed by atoms with Crippen molar-refractivity contribution in [3.05, 3.63) is 33.8 Å². The lowest BCUT2D eigenvalue weighted by Crippen LogP contribution is -2.47. The summed E-state index contributed by atoms with van der Waals surface area (Å²) in [5.41, 5.74) is 1.25. The van der Waals surface area contributed by atoms with Crippen molar-refractivity contribution >= 4 is 29.1 Å². The molecule has 1 aromatic carbocycles. The molecule has 0 spiro atoms. The number of benzene rings is 1. The van der Waals surface area contributed by atoms with Crippen LogP contribution in [0.1, 0.15) is 64.4 Å². The number of amides is 1. The smallest absolute Gasteiger partial charge is 0.222 e. The number of piperidine rings is 1. The highest BCUT2D eigenvalue weighted by Gasteiger charge is 2.26. The highest BCUT2D eigenvalue weighted by molar-refractivity contribution is 6.42. The van der Waals surface area contributed by atoms with E-state index < -0.39 is 0 Å². The Morgan fingerprint density at radius 3 is 2.50 bits per heavy atom. The largest absolute Gasteiger partial charge is 0.340 e. The van der Waals surface area contributed by atoms with Crippen molar-refractivity contribution in [2.75, 3.05) is 26.2 Å². The number of likely N-dealkylation sites (tertiary alicyclic amines) is 1. The van der Waals surface area contributed by atoms with E-state index in [1.807, 2.05) is 12.1 Å². The van der Waals surface area contributed by atoms with E-state index in [9.17, 15) is 4.79 Å². The molecule has 26 heavy (non-hydrogen) atoms. The van der Waals surface area contributed by atoms with E-state index in [1.54, 1.807) is 0 Å². The zero-order chi connectivity index (χ0) is 19.1. The molecular weight excluding hydrogens is 367 g/mol. The SMILES string of the molecule is CCCC(=O)N(CC)C1CCN(CCC(C)c2ccc(Cl)c(Cl)c2)CC1. The standard InChI is InChI=1S/C21H32Cl2N2O/c1-4-6-21(26)25(5-2)18-10-13-24(14-11-18)12-9-16(3)17-7-8-19(22)20(23)15-17/h7-8,15-16,18H,4-6,9-14H2,1-3H3. The zero-order valence-corrected chi connectivity index (χ0v) is 17.8. The maximum absolute atomic E-state index is 12.3. The monoisotopic (exact) mass is 398 g/mol. The highest BCUT2D eigenvalue weighted by atomic mass is 35.5. The maximum atomic E-state index is 12.3. The molecule has 0 aliphatic carbocycles. The predicted molar refractivity (Wildman–Crippen MR) is 111 cm³/mol. The second-order valence-corrected chi connectivity index (χ2v) is 8.18. The third-order valence-electron chi connectivity index (χ3n) is 5.51. The van der Waals surface area contributed by atoms with Crippen LogP contribution in [0.15, 0.2) is 18.2 Å². The lowest BCUT2D eigenvalue weighted by atomic mass is 9.96. The van der Waals surface area contributed by atoms with Gasteiger partial charge in [-0.25, -0.2) is 0 Å². The number of hydrogen-bond donors (Lipinski definition) is 0. The average Bonchev–Trinajstić information content (AvgIpc) is 2.64.